The Kier molecular flexibility index (Phi) is 6.51. The Hall–Kier alpha value is -1.42. The van der Waals surface area contributed by atoms with Crippen LogP contribution in [0.3, 0.4) is 0 Å². The van der Waals surface area contributed by atoms with Gasteiger partial charge >= 0.3 is 0 Å². The smallest absolute Gasteiger partial charge is 0.223 e. The Morgan fingerprint density at radius 2 is 2.10 bits per heavy atom. The average Bonchev–Trinajstić information content (AvgIpc) is 2.52. The molecular formula is C16H25N3O. The Balaban J connectivity index is 1.50. The van der Waals surface area contributed by atoms with E-state index in [2.05, 4.69) is 21.7 Å². The summed E-state index contributed by atoms with van der Waals surface area (Å²) in [4.78, 5) is 16.0. The minimum atomic E-state index is 0.261. The predicted octanol–water partition coefficient (Wildman–Crippen LogP) is 2.26. The number of amides is 1. The van der Waals surface area contributed by atoms with Gasteiger partial charge in [0.2, 0.25) is 5.91 Å². The first-order chi connectivity index (χ1) is 9.86. The fraction of sp³-hybridized carbons (Fsp3) is 0.625. The van der Waals surface area contributed by atoms with Crippen LogP contribution in [0.25, 0.3) is 0 Å². The number of hydrogen-bond donors (Lipinski definition) is 2. The number of hydrogen-bond acceptors (Lipinski definition) is 3. The van der Waals surface area contributed by atoms with Gasteiger partial charge in [-0.3, -0.25) is 9.78 Å². The molecule has 0 aliphatic heterocycles. The second-order valence-electron chi connectivity index (χ2n) is 5.52. The van der Waals surface area contributed by atoms with Gasteiger partial charge in [0.15, 0.2) is 0 Å². The Bertz CT molecular complexity index is 388. The molecule has 1 heterocycles. The van der Waals surface area contributed by atoms with Gasteiger partial charge in [0, 0.05) is 31.4 Å². The third-order valence-electron chi connectivity index (χ3n) is 3.86. The van der Waals surface area contributed by atoms with Crippen LogP contribution in [0.2, 0.25) is 0 Å². The van der Waals surface area contributed by atoms with E-state index in [1.54, 1.807) is 6.20 Å². The van der Waals surface area contributed by atoms with Crippen LogP contribution in [0, 0.1) is 5.92 Å². The van der Waals surface area contributed by atoms with Gasteiger partial charge in [0.05, 0.1) is 0 Å². The maximum atomic E-state index is 11.9. The minimum absolute atomic E-state index is 0.261. The Labute approximate surface area is 121 Å². The van der Waals surface area contributed by atoms with E-state index < -0.39 is 0 Å². The van der Waals surface area contributed by atoms with E-state index in [0.717, 1.165) is 38.9 Å². The summed E-state index contributed by atoms with van der Waals surface area (Å²) in [5.74, 6) is 0.532. The normalized spacial score (nSPS) is 16.0. The van der Waals surface area contributed by atoms with Crippen molar-refractivity contribution in [3.63, 3.8) is 0 Å². The van der Waals surface area contributed by atoms with Gasteiger partial charge in [-0.25, -0.2) is 0 Å². The van der Waals surface area contributed by atoms with E-state index in [4.69, 9.17) is 0 Å². The minimum Gasteiger partial charge on any atom is -0.356 e. The lowest BCUT2D eigenvalue weighted by Gasteiger charge is -2.20. The van der Waals surface area contributed by atoms with Gasteiger partial charge < -0.3 is 10.6 Å². The highest BCUT2D eigenvalue weighted by atomic mass is 16.1. The molecule has 1 aromatic heterocycles. The van der Waals surface area contributed by atoms with Crippen molar-refractivity contribution >= 4 is 5.91 Å². The first kappa shape index (κ1) is 15.0. The van der Waals surface area contributed by atoms with E-state index in [9.17, 15) is 4.79 Å². The lowest BCUT2D eigenvalue weighted by atomic mass is 9.89. The third-order valence-corrected chi connectivity index (χ3v) is 3.86. The van der Waals surface area contributed by atoms with Gasteiger partial charge in [0.25, 0.3) is 0 Å². The zero-order valence-corrected chi connectivity index (χ0v) is 12.1. The quantitative estimate of drug-likeness (QED) is 0.751. The molecule has 2 N–H and O–H groups in total. The number of nitrogens with zero attached hydrogens (tertiary/aromatic N) is 1. The molecule has 110 valence electrons. The van der Waals surface area contributed by atoms with Crippen molar-refractivity contribution in [2.75, 3.05) is 13.1 Å². The molecule has 0 unspecified atom stereocenters. The number of carbonyl (C=O) groups is 1. The summed E-state index contributed by atoms with van der Waals surface area (Å²) in [5, 5.41) is 6.42. The maximum Gasteiger partial charge on any atom is 0.223 e. The fourth-order valence-electron chi connectivity index (χ4n) is 2.67. The van der Waals surface area contributed by atoms with E-state index in [-0.39, 0.29) is 11.8 Å². The van der Waals surface area contributed by atoms with Crippen LogP contribution < -0.4 is 10.6 Å². The molecular weight excluding hydrogens is 250 g/mol. The summed E-state index contributed by atoms with van der Waals surface area (Å²) in [6.07, 6.45) is 10.5. The molecule has 0 radical (unpaired) electrons. The molecule has 0 aromatic carbocycles. The third kappa shape index (κ3) is 5.29. The van der Waals surface area contributed by atoms with Crippen molar-refractivity contribution in [1.29, 1.82) is 0 Å². The van der Waals surface area contributed by atoms with E-state index in [0.29, 0.717) is 0 Å². The Morgan fingerprint density at radius 1 is 1.25 bits per heavy atom. The van der Waals surface area contributed by atoms with Crippen molar-refractivity contribution in [2.24, 2.45) is 5.92 Å². The molecule has 1 saturated carbocycles. The molecule has 2 rings (SSSR count). The van der Waals surface area contributed by atoms with E-state index >= 15 is 0 Å². The van der Waals surface area contributed by atoms with Crippen molar-refractivity contribution < 1.29 is 4.79 Å². The maximum absolute atomic E-state index is 11.9. The summed E-state index contributed by atoms with van der Waals surface area (Å²) in [7, 11) is 0. The summed E-state index contributed by atoms with van der Waals surface area (Å²) in [6.45, 7) is 2.53. The first-order valence-corrected chi connectivity index (χ1v) is 7.73. The van der Waals surface area contributed by atoms with Crippen LogP contribution in [0.15, 0.2) is 24.5 Å². The molecule has 4 nitrogen and oxygen atoms in total. The van der Waals surface area contributed by atoms with Gasteiger partial charge in [-0.15, -0.1) is 0 Å². The molecule has 0 saturated heterocycles. The van der Waals surface area contributed by atoms with Gasteiger partial charge in [-0.2, -0.15) is 0 Å². The molecule has 0 spiro atoms. The molecule has 1 aliphatic rings. The SMILES string of the molecule is O=C(NCCCNCc1cccnc1)C1CCCCC1. The molecule has 0 bridgehead atoms. The molecule has 4 heteroatoms. The van der Waals surface area contributed by atoms with E-state index in [1.165, 1.54) is 24.8 Å². The fourth-order valence-corrected chi connectivity index (χ4v) is 2.67. The van der Waals surface area contributed by atoms with Crippen LogP contribution in [0.4, 0.5) is 0 Å². The number of pyridine rings is 1. The average molecular weight is 275 g/mol. The summed E-state index contributed by atoms with van der Waals surface area (Å²) in [6, 6.07) is 4.01. The second-order valence-corrected chi connectivity index (χ2v) is 5.52. The first-order valence-electron chi connectivity index (χ1n) is 7.73. The van der Waals surface area contributed by atoms with Crippen LogP contribution in [0.1, 0.15) is 44.1 Å². The summed E-state index contributed by atoms with van der Waals surface area (Å²) < 4.78 is 0. The zero-order chi connectivity index (χ0) is 14.0. The standard InChI is InChI=1S/C16H25N3O/c20-16(15-7-2-1-3-8-15)19-11-5-10-18-13-14-6-4-9-17-12-14/h4,6,9,12,15,18H,1-3,5,7-8,10-11,13H2,(H,19,20). The largest absolute Gasteiger partial charge is 0.356 e. The van der Waals surface area contributed by atoms with Crippen LogP contribution in [-0.4, -0.2) is 24.0 Å². The highest BCUT2D eigenvalue weighted by Gasteiger charge is 2.20. The zero-order valence-electron chi connectivity index (χ0n) is 12.1. The van der Waals surface area contributed by atoms with Crippen LogP contribution >= 0.6 is 0 Å². The summed E-state index contributed by atoms with van der Waals surface area (Å²) >= 11 is 0. The predicted molar refractivity (Wildman–Crippen MR) is 80.1 cm³/mol. The molecule has 1 amide bonds. The lowest BCUT2D eigenvalue weighted by Crippen LogP contribution is -2.33. The number of nitrogens with one attached hydrogen (secondary N) is 2. The highest BCUT2D eigenvalue weighted by Crippen LogP contribution is 2.23. The van der Waals surface area contributed by atoms with Crippen molar-refractivity contribution in [2.45, 2.75) is 45.1 Å². The van der Waals surface area contributed by atoms with Crippen molar-refractivity contribution in [3.8, 4) is 0 Å². The molecule has 1 fully saturated rings. The molecule has 1 aliphatic carbocycles. The second kappa shape index (κ2) is 8.69. The Morgan fingerprint density at radius 3 is 2.85 bits per heavy atom. The topological polar surface area (TPSA) is 54.0 Å². The highest BCUT2D eigenvalue weighted by molar-refractivity contribution is 5.78. The van der Waals surface area contributed by atoms with E-state index in [1.807, 2.05) is 12.3 Å². The monoisotopic (exact) mass is 275 g/mol. The van der Waals surface area contributed by atoms with Crippen LogP contribution in [0.5, 0.6) is 0 Å². The van der Waals surface area contributed by atoms with Crippen molar-refractivity contribution in [3.05, 3.63) is 30.1 Å². The van der Waals surface area contributed by atoms with Crippen LogP contribution in [-0.2, 0) is 11.3 Å². The number of carbonyl (C=O) groups excluding carboxylic acids is 1. The molecule has 20 heavy (non-hydrogen) atoms. The van der Waals surface area contributed by atoms with Crippen molar-refractivity contribution in [1.82, 2.24) is 15.6 Å². The number of aromatic nitrogens is 1. The lowest BCUT2D eigenvalue weighted by molar-refractivity contribution is -0.125. The molecule has 1 aromatic rings. The summed E-state index contributed by atoms with van der Waals surface area (Å²) in [5.41, 5.74) is 1.19. The molecule has 0 atom stereocenters. The van der Waals surface area contributed by atoms with Gasteiger partial charge in [-0.05, 0) is 37.4 Å². The number of rotatable bonds is 7. The van der Waals surface area contributed by atoms with Gasteiger partial charge in [0.1, 0.15) is 0 Å². The van der Waals surface area contributed by atoms with Gasteiger partial charge in [-0.1, -0.05) is 25.3 Å².